The van der Waals surface area contributed by atoms with E-state index in [1.807, 2.05) is 0 Å². The van der Waals surface area contributed by atoms with Crippen molar-refractivity contribution < 1.29 is 14.6 Å². The van der Waals surface area contributed by atoms with Gasteiger partial charge in [0.25, 0.3) is 0 Å². The average Bonchev–Trinajstić information content (AvgIpc) is 2.83. The number of hydrogen-bond donors (Lipinski definition) is 1. The summed E-state index contributed by atoms with van der Waals surface area (Å²) in [5.74, 6) is 0.927. The van der Waals surface area contributed by atoms with Crippen LogP contribution in [0.3, 0.4) is 0 Å². The van der Waals surface area contributed by atoms with Crippen LogP contribution < -0.4 is 9.47 Å². The fourth-order valence-corrected chi connectivity index (χ4v) is 3.11. The topological polar surface area (TPSA) is 38.7 Å². The Morgan fingerprint density at radius 2 is 1.89 bits per heavy atom. The first-order chi connectivity index (χ1) is 9.06. The summed E-state index contributed by atoms with van der Waals surface area (Å²) >= 11 is 13.3. The molecule has 1 heterocycles. The van der Waals surface area contributed by atoms with Gasteiger partial charge in [-0.1, -0.05) is 23.2 Å². The van der Waals surface area contributed by atoms with Gasteiger partial charge in [-0.3, -0.25) is 0 Å². The van der Waals surface area contributed by atoms with Crippen LogP contribution in [0.5, 0.6) is 11.5 Å². The zero-order valence-corrected chi connectivity index (χ0v) is 12.6. The van der Waals surface area contributed by atoms with Crippen molar-refractivity contribution >= 4 is 34.5 Å². The van der Waals surface area contributed by atoms with Gasteiger partial charge in [0.05, 0.1) is 23.6 Å². The first-order valence-corrected chi connectivity index (χ1v) is 6.98. The molecule has 0 saturated heterocycles. The van der Waals surface area contributed by atoms with E-state index < -0.39 is 6.10 Å². The molecular weight excluding hydrogens is 307 g/mol. The third-order valence-electron chi connectivity index (χ3n) is 2.64. The zero-order valence-electron chi connectivity index (χ0n) is 10.3. The van der Waals surface area contributed by atoms with Crippen LogP contribution in [-0.4, -0.2) is 19.3 Å². The summed E-state index contributed by atoms with van der Waals surface area (Å²) in [4.78, 5) is 0.744. The highest BCUT2D eigenvalue weighted by Crippen LogP contribution is 2.40. The average molecular weight is 319 g/mol. The Morgan fingerprint density at radius 3 is 2.42 bits per heavy atom. The molecule has 0 amide bonds. The highest BCUT2D eigenvalue weighted by atomic mass is 35.5. The second-order valence-corrected chi connectivity index (χ2v) is 5.94. The molecule has 0 aliphatic rings. The van der Waals surface area contributed by atoms with Gasteiger partial charge in [0.1, 0.15) is 6.10 Å². The van der Waals surface area contributed by atoms with E-state index in [0.29, 0.717) is 26.4 Å². The van der Waals surface area contributed by atoms with Crippen LogP contribution in [-0.2, 0) is 0 Å². The largest absolute Gasteiger partial charge is 0.493 e. The van der Waals surface area contributed by atoms with Crippen molar-refractivity contribution in [3.8, 4) is 11.5 Å². The van der Waals surface area contributed by atoms with Gasteiger partial charge in [0.15, 0.2) is 11.5 Å². The second kappa shape index (κ2) is 6.01. The molecule has 0 saturated carbocycles. The van der Waals surface area contributed by atoms with E-state index in [0.717, 1.165) is 4.88 Å². The molecule has 1 unspecified atom stereocenters. The van der Waals surface area contributed by atoms with Crippen LogP contribution in [0.1, 0.15) is 16.5 Å². The van der Waals surface area contributed by atoms with Crippen molar-refractivity contribution in [2.75, 3.05) is 14.2 Å². The Hall–Kier alpha value is -0.940. The number of rotatable bonds is 4. The van der Waals surface area contributed by atoms with E-state index in [9.17, 15) is 5.11 Å². The number of benzene rings is 1. The third kappa shape index (κ3) is 2.98. The van der Waals surface area contributed by atoms with Crippen LogP contribution in [0.2, 0.25) is 9.36 Å². The summed E-state index contributed by atoms with van der Waals surface area (Å²) in [6, 6.07) is 6.87. The number of thiophene rings is 1. The molecule has 1 aromatic heterocycles. The molecule has 0 spiro atoms. The maximum atomic E-state index is 10.3. The van der Waals surface area contributed by atoms with E-state index >= 15 is 0 Å². The number of aliphatic hydroxyl groups is 1. The summed E-state index contributed by atoms with van der Waals surface area (Å²) < 4.78 is 11.0. The first-order valence-electron chi connectivity index (χ1n) is 5.41. The van der Waals surface area contributed by atoms with Gasteiger partial charge in [-0.2, -0.15) is 0 Å². The molecular formula is C13H12Cl2O3S. The minimum atomic E-state index is -0.796. The molecule has 102 valence electrons. The quantitative estimate of drug-likeness (QED) is 0.920. The van der Waals surface area contributed by atoms with Gasteiger partial charge in [-0.25, -0.2) is 0 Å². The molecule has 1 aromatic carbocycles. The number of hydrogen-bond acceptors (Lipinski definition) is 4. The minimum absolute atomic E-state index is 0.388. The molecule has 0 aliphatic carbocycles. The highest BCUT2D eigenvalue weighted by Gasteiger charge is 2.18. The van der Waals surface area contributed by atoms with Crippen LogP contribution in [0.25, 0.3) is 0 Å². The SMILES string of the molecule is COc1cc(C(O)c2ccc(Cl)s2)cc(Cl)c1OC. The van der Waals surface area contributed by atoms with Gasteiger partial charge >= 0.3 is 0 Å². The first kappa shape index (κ1) is 14.5. The summed E-state index contributed by atoms with van der Waals surface area (Å²) in [5, 5.41) is 10.7. The summed E-state index contributed by atoms with van der Waals surface area (Å²) in [6.45, 7) is 0. The predicted molar refractivity (Wildman–Crippen MR) is 77.9 cm³/mol. The third-order valence-corrected chi connectivity index (χ3v) is 4.20. The number of ether oxygens (including phenoxy) is 2. The standard InChI is InChI=1S/C13H12Cl2O3S/c1-17-9-6-7(5-8(14)13(9)18-2)12(16)10-3-4-11(15)19-10/h3-6,12,16H,1-2H3. The summed E-state index contributed by atoms with van der Waals surface area (Å²) in [6.07, 6.45) is -0.796. The molecule has 0 radical (unpaired) electrons. The van der Waals surface area contributed by atoms with Gasteiger partial charge < -0.3 is 14.6 Å². The Bertz CT molecular complexity index is 583. The predicted octanol–water partition coefficient (Wildman–Crippen LogP) is 4.15. The molecule has 2 rings (SSSR count). The van der Waals surface area contributed by atoms with Crippen molar-refractivity contribution in [3.05, 3.63) is 44.1 Å². The maximum Gasteiger partial charge on any atom is 0.179 e. The van der Waals surface area contributed by atoms with Crippen LogP contribution in [0.15, 0.2) is 24.3 Å². The Kier molecular flexibility index (Phi) is 4.58. The lowest BCUT2D eigenvalue weighted by Crippen LogP contribution is -2.00. The molecule has 0 fully saturated rings. The molecule has 1 atom stereocenters. The smallest absolute Gasteiger partial charge is 0.179 e. The van der Waals surface area contributed by atoms with E-state index in [4.69, 9.17) is 32.7 Å². The van der Waals surface area contributed by atoms with Gasteiger partial charge in [-0.15, -0.1) is 11.3 Å². The molecule has 19 heavy (non-hydrogen) atoms. The van der Waals surface area contributed by atoms with Crippen LogP contribution >= 0.6 is 34.5 Å². The Balaban J connectivity index is 2.42. The normalized spacial score (nSPS) is 12.3. The van der Waals surface area contributed by atoms with Crippen molar-refractivity contribution in [1.82, 2.24) is 0 Å². The van der Waals surface area contributed by atoms with Crippen molar-refractivity contribution in [2.45, 2.75) is 6.10 Å². The lowest BCUT2D eigenvalue weighted by Gasteiger charge is -2.14. The number of aliphatic hydroxyl groups excluding tert-OH is 1. The fraction of sp³-hybridized carbons (Fsp3) is 0.231. The van der Waals surface area contributed by atoms with Gasteiger partial charge in [0, 0.05) is 4.88 Å². The molecule has 0 bridgehead atoms. The molecule has 0 aliphatic heterocycles. The molecule has 1 N–H and O–H groups in total. The Labute approximate surface area is 125 Å². The van der Waals surface area contributed by atoms with E-state index in [-0.39, 0.29) is 0 Å². The lowest BCUT2D eigenvalue weighted by molar-refractivity contribution is 0.223. The molecule has 6 heteroatoms. The van der Waals surface area contributed by atoms with E-state index in [1.54, 1.807) is 24.3 Å². The lowest BCUT2D eigenvalue weighted by atomic mass is 10.1. The highest BCUT2D eigenvalue weighted by molar-refractivity contribution is 7.16. The molecule has 3 nitrogen and oxygen atoms in total. The number of halogens is 2. The van der Waals surface area contributed by atoms with Crippen molar-refractivity contribution in [1.29, 1.82) is 0 Å². The van der Waals surface area contributed by atoms with Gasteiger partial charge in [-0.05, 0) is 29.8 Å². The van der Waals surface area contributed by atoms with Crippen molar-refractivity contribution in [2.24, 2.45) is 0 Å². The number of methoxy groups -OCH3 is 2. The van der Waals surface area contributed by atoms with Crippen molar-refractivity contribution in [3.63, 3.8) is 0 Å². The van der Waals surface area contributed by atoms with E-state index in [1.165, 1.54) is 25.6 Å². The van der Waals surface area contributed by atoms with Gasteiger partial charge in [0.2, 0.25) is 0 Å². The maximum absolute atomic E-state index is 10.3. The summed E-state index contributed by atoms with van der Waals surface area (Å²) in [7, 11) is 3.03. The summed E-state index contributed by atoms with van der Waals surface area (Å²) in [5.41, 5.74) is 0.626. The monoisotopic (exact) mass is 318 g/mol. The second-order valence-electron chi connectivity index (χ2n) is 3.78. The van der Waals surface area contributed by atoms with Crippen LogP contribution in [0, 0.1) is 0 Å². The minimum Gasteiger partial charge on any atom is -0.493 e. The van der Waals surface area contributed by atoms with E-state index in [2.05, 4.69) is 0 Å². The van der Waals surface area contributed by atoms with Crippen LogP contribution in [0.4, 0.5) is 0 Å². The zero-order chi connectivity index (χ0) is 14.0. The molecule has 2 aromatic rings. The fourth-order valence-electron chi connectivity index (χ4n) is 1.74. The Morgan fingerprint density at radius 1 is 1.16 bits per heavy atom.